The molecule has 0 saturated heterocycles. The van der Waals surface area contributed by atoms with Crippen molar-refractivity contribution < 1.29 is 19.1 Å². The Morgan fingerprint density at radius 2 is 1.96 bits per heavy atom. The molecule has 23 heavy (non-hydrogen) atoms. The molecule has 1 aromatic rings. The van der Waals surface area contributed by atoms with Crippen LogP contribution in [0.2, 0.25) is 0 Å². The van der Waals surface area contributed by atoms with Crippen LogP contribution < -0.4 is 11.1 Å². The second kappa shape index (κ2) is 10.2. The number of carboxylic acids is 1. The monoisotopic (exact) mass is 342 g/mol. The zero-order valence-corrected chi connectivity index (χ0v) is 13.9. The first-order valence-corrected chi connectivity index (χ1v) is 8.85. The molecule has 0 saturated carbocycles. The van der Waals surface area contributed by atoms with Gasteiger partial charge in [0.1, 0.15) is 11.9 Å². The fourth-order valence-electron chi connectivity index (χ4n) is 2.07. The number of benzene rings is 1. The SMILES string of the molecule is CSCC[C@H](N)C(=O)NC(CCCc1ccc(F)cc1)C(=O)O. The number of thioether (sulfide) groups is 1. The van der Waals surface area contributed by atoms with Gasteiger partial charge in [0.25, 0.3) is 0 Å². The number of hydrogen-bond acceptors (Lipinski definition) is 4. The number of hydrogen-bond donors (Lipinski definition) is 3. The van der Waals surface area contributed by atoms with E-state index < -0.39 is 24.0 Å². The number of nitrogens with two attached hydrogens (primary N) is 1. The van der Waals surface area contributed by atoms with Gasteiger partial charge in [-0.15, -0.1) is 0 Å². The normalized spacial score (nSPS) is 13.3. The first kappa shape index (κ1) is 19.4. The maximum atomic E-state index is 12.8. The van der Waals surface area contributed by atoms with Gasteiger partial charge in [0.15, 0.2) is 0 Å². The van der Waals surface area contributed by atoms with Crippen LogP contribution in [0.25, 0.3) is 0 Å². The van der Waals surface area contributed by atoms with Crippen LogP contribution in [0.1, 0.15) is 24.8 Å². The van der Waals surface area contributed by atoms with Crippen molar-refractivity contribution in [3.63, 3.8) is 0 Å². The highest BCUT2D eigenvalue weighted by molar-refractivity contribution is 7.98. The van der Waals surface area contributed by atoms with Gasteiger partial charge in [0, 0.05) is 0 Å². The van der Waals surface area contributed by atoms with Crippen LogP contribution >= 0.6 is 11.8 Å². The highest BCUT2D eigenvalue weighted by Gasteiger charge is 2.22. The molecule has 1 rings (SSSR count). The second-order valence-corrected chi connectivity index (χ2v) is 6.29. The van der Waals surface area contributed by atoms with E-state index in [2.05, 4.69) is 5.32 Å². The lowest BCUT2D eigenvalue weighted by Gasteiger charge is -2.17. The lowest BCUT2D eigenvalue weighted by Crippen LogP contribution is -2.48. The molecular formula is C16H23FN2O3S. The maximum absolute atomic E-state index is 12.8. The van der Waals surface area contributed by atoms with Gasteiger partial charge in [0.2, 0.25) is 5.91 Å². The zero-order valence-electron chi connectivity index (χ0n) is 13.1. The van der Waals surface area contributed by atoms with Crippen molar-refractivity contribution in [1.29, 1.82) is 0 Å². The molecule has 0 fully saturated rings. The highest BCUT2D eigenvalue weighted by atomic mass is 32.2. The molecule has 7 heteroatoms. The van der Waals surface area contributed by atoms with Crippen molar-refractivity contribution in [2.45, 2.75) is 37.8 Å². The van der Waals surface area contributed by atoms with Gasteiger partial charge in [-0.3, -0.25) is 4.79 Å². The summed E-state index contributed by atoms with van der Waals surface area (Å²) in [5, 5.41) is 11.7. The Balaban J connectivity index is 2.44. The standard InChI is InChI=1S/C16H23FN2O3S/c1-23-10-9-13(18)15(20)19-14(16(21)22)4-2-3-11-5-7-12(17)8-6-11/h5-8,13-14H,2-4,9-10,18H2,1H3,(H,19,20)(H,21,22)/t13-,14?/m0/s1. The maximum Gasteiger partial charge on any atom is 0.326 e. The van der Waals surface area contributed by atoms with Crippen LogP contribution in [0.3, 0.4) is 0 Å². The summed E-state index contributed by atoms with van der Waals surface area (Å²) in [5.74, 6) is -1.07. The molecule has 0 aromatic heterocycles. The Kier molecular flexibility index (Phi) is 8.65. The van der Waals surface area contributed by atoms with Crippen molar-refractivity contribution in [2.24, 2.45) is 5.73 Å². The van der Waals surface area contributed by atoms with E-state index in [1.807, 2.05) is 6.26 Å². The van der Waals surface area contributed by atoms with E-state index in [4.69, 9.17) is 5.73 Å². The largest absolute Gasteiger partial charge is 0.480 e. The fraction of sp³-hybridized carbons (Fsp3) is 0.500. The van der Waals surface area contributed by atoms with Crippen molar-refractivity contribution in [2.75, 3.05) is 12.0 Å². The van der Waals surface area contributed by atoms with Gasteiger partial charge in [-0.2, -0.15) is 11.8 Å². The Morgan fingerprint density at radius 1 is 1.30 bits per heavy atom. The van der Waals surface area contributed by atoms with Gasteiger partial charge in [-0.05, 0) is 55.4 Å². The van der Waals surface area contributed by atoms with Gasteiger partial charge in [0.05, 0.1) is 6.04 Å². The molecule has 1 unspecified atom stereocenters. The molecule has 5 nitrogen and oxygen atoms in total. The predicted octanol–water partition coefficient (Wildman–Crippen LogP) is 1.80. The van der Waals surface area contributed by atoms with Crippen LogP contribution in [0, 0.1) is 5.82 Å². The van der Waals surface area contributed by atoms with E-state index in [-0.39, 0.29) is 5.82 Å². The summed E-state index contributed by atoms with van der Waals surface area (Å²) in [6.45, 7) is 0. The summed E-state index contributed by atoms with van der Waals surface area (Å²) in [6, 6.07) is 4.43. The van der Waals surface area contributed by atoms with Crippen LogP contribution in [0.5, 0.6) is 0 Å². The van der Waals surface area contributed by atoms with E-state index in [9.17, 15) is 19.1 Å². The minimum absolute atomic E-state index is 0.299. The number of amides is 1. The summed E-state index contributed by atoms with van der Waals surface area (Å²) < 4.78 is 12.8. The fourth-order valence-corrected chi connectivity index (χ4v) is 2.56. The topological polar surface area (TPSA) is 92.4 Å². The molecule has 0 bridgehead atoms. The number of carboxylic acid groups (broad SMARTS) is 1. The van der Waals surface area contributed by atoms with Gasteiger partial charge in [-0.1, -0.05) is 12.1 Å². The third-order valence-corrected chi connectivity index (χ3v) is 4.10. The van der Waals surface area contributed by atoms with Crippen molar-refractivity contribution >= 4 is 23.6 Å². The van der Waals surface area contributed by atoms with Gasteiger partial charge < -0.3 is 16.2 Å². The molecule has 1 aromatic carbocycles. The summed E-state index contributed by atoms with van der Waals surface area (Å²) in [4.78, 5) is 23.1. The molecule has 0 aliphatic heterocycles. The van der Waals surface area contributed by atoms with Crippen LogP contribution in [-0.2, 0) is 16.0 Å². The molecule has 0 aliphatic carbocycles. The van der Waals surface area contributed by atoms with E-state index in [1.54, 1.807) is 23.9 Å². The van der Waals surface area contributed by atoms with Gasteiger partial charge in [-0.25, -0.2) is 9.18 Å². The number of rotatable bonds is 10. The number of halogens is 1. The molecule has 128 valence electrons. The molecule has 0 radical (unpaired) electrons. The highest BCUT2D eigenvalue weighted by Crippen LogP contribution is 2.09. The van der Waals surface area contributed by atoms with Crippen molar-refractivity contribution in [1.82, 2.24) is 5.32 Å². The summed E-state index contributed by atoms with van der Waals surface area (Å²) >= 11 is 1.58. The number of carbonyl (C=O) groups is 2. The lowest BCUT2D eigenvalue weighted by molar-refractivity contribution is -0.142. The molecular weight excluding hydrogens is 319 g/mol. The van der Waals surface area contributed by atoms with E-state index in [1.165, 1.54) is 12.1 Å². The smallest absolute Gasteiger partial charge is 0.326 e. The molecule has 0 aliphatic rings. The van der Waals surface area contributed by atoms with Crippen LogP contribution in [-0.4, -0.2) is 41.1 Å². The number of aliphatic carboxylic acids is 1. The molecule has 4 N–H and O–H groups in total. The van der Waals surface area contributed by atoms with E-state index in [0.717, 1.165) is 11.3 Å². The predicted molar refractivity (Wildman–Crippen MR) is 89.9 cm³/mol. The van der Waals surface area contributed by atoms with Crippen molar-refractivity contribution in [3.05, 3.63) is 35.6 Å². The summed E-state index contributed by atoms with van der Waals surface area (Å²) in [7, 11) is 0. The minimum atomic E-state index is -1.07. The second-order valence-electron chi connectivity index (χ2n) is 5.31. The van der Waals surface area contributed by atoms with Crippen LogP contribution in [0.15, 0.2) is 24.3 Å². The number of nitrogens with one attached hydrogen (secondary N) is 1. The Morgan fingerprint density at radius 3 is 2.52 bits per heavy atom. The average Bonchev–Trinajstić information content (AvgIpc) is 2.53. The Labute approximate surface area is 139 Å². The van der Waals surface area contributed by atoms with E-state index >= 15 is 0 Å². The third kappa shape index (κ3) is 7.47. The number of carbonyl (C=O) groups excluding carboxylic acids is 1. The minimum Gasteiger partial charge on any atom is -0.480 e. The first-order valence-electron chi connectivity index (χ1n) is 7.46. The van der Waals surface area contributed by atoms with Crippen LogP contribution in [0.4, 0.5) is 4.39 Å². The zero-order chi connectivity index (χ0) is 17.2. The third-order valence-electron chi connectivity index (χ3n) is 3.46. The average molecular weight is 342 g/mol. The molecule has 0 spiro atoms. The molecule has 2 atom stereocenters. The summed E-state index contributed by atoms with van der Waals surface area (Å²) in [5.41, 5.74) is 6.66. The summed E-state index contributed by atoms with van der Waals surface area (Å²) in [6.07, 6.45) is 3.92. The number of aryl methyl sites for hydroxylation is 1. The van der Waals surface area contributed by atoms with Gasteiger partial charge >= 0.3 is 5.97 Å². The van der Waals surface area contributed by atoms with Crippen molar-refractivity contribution in [3.8, 4) is 0 Å². The molecule has 0 heterocycles. The molecule has 1 amide bonds. The van der Waals surface area contributed by atoms with E-state index in [0.29, 0.717) is 25.7 Å². The quantitative estimate of drug-likeness (QED) is 0.603. The first-order chi connectivity index (χ1) is 10.9. The Hall–Kier alpha value is -1.60. The lowest BCUT2D eigenvalue weighted by atomic mass is 10.0. The Bertz CT molecular complexity index is 511.